The molecule has 0 radical (unpaired) electrons. The van der Waals surface area contributed by atoms with E-state index in [-0.39, 0.29) is 31.4 Å². The highest BCUT2D eigenvalue weighted by Gasteiger charge is 2.20. The summed E-state index contributed by atoms with van der Waals surface area (Å²) in [5.41, 5.74) is -0.453. The van der Waals surface area contributed by atoms with E-state index in [9.17, 15) is 14.7 Å². The first-order valence-electron chi connectivity index (χ1n) is 5.99. The summed E-state index contributed by atoms with van der Waals surface area (Å²) < 4.78 is 4.73. The Morgan fingerprint density at radius 3 is 2.39 bits per heavy atom. The minimum atomic E-state index is -0.705. The third-order valence-corrected chi connectivity index (χ3v) is 2.21. The van der Waals surface area contributed by atoms with Gasteiger partial charge in [-0.15, -0.1) is 0 Å². The molecule has 0 aromatic heterocycles. The highest BCUT2D eigenvalue weighted by molar-refractivity contribution is 5.82. The summed E-state index contributed by atoms with van der Waals surface area (Å²) in [5, 5.41) is 14.5. The quantitative estimate of drug-likeness (QED) is 0.584. The molecule has 6 nitrogen and oxygen atoms in total. The first-order chi connectivity index (χ1) is 8.27. The van der Waals surface area contributed by atoms with Crippen LogP contribution in [0.25, 0.3) is 0 Å². The van der Waals surface area contributed by atoms with Crippen LogP contribution in [0.1, 0.15) is 27.2 Å². The second-order valence-corrected chi connectivity index (χ2v) is 5.17. The van der Waals surface area contributed by atoms with Crippen LogP contribution in [-0.4, -0.2) is 49.8 Å². The zero-order chi connectivity index (χ0) is 14.2. The molecule has 0 aromatic carbocycles. The van der Waals surface area contributed by atoms with Crippen molar-refractivity contribution in [3.8, 4) is 0 Å². The maximum absolute atomic E-state index is 11.5. The summed E-state index contributed by atoms with van der Waals surface area (Å²) in [6.07, 6.45) is -0.509. The van der Waals surface area contributed by atoms with Crippen LogP contribution in [0.2, 0.25) is 0 Å². The number of carbonyl (C=O) groups is 2. The van der Waals surface area contributed by atoms with Gasteiger partial charge in [-0.05, 0) is 0 Å². The van der Waals surface area contributed by atoms with E-state index in [4.69, 9.17) is 4.74 Å². The largest absolute Gasteiger partial charge is 0.389 e. The van der Waals surface area contributed by atoms with E-state index < -0.39 is 11.5 Å². The lowest BCUT2D eigenvalue weighted by Gasteiger charge is -2.17. The van der Waals surface area contributed by atoms with Gasteiger partial charge in [0.2, 0.25) is 11.8 Å². The molecule has 3 N–H and O–H groups in total. The predicted octanol–water partition coefficient (Wildman–Crippen LogP) is -0.338. The molecule has 0 aliphatic carbocycles. The fourth-order valence-corrected chi connectivity index (χ4v) is 1.13. The molecule has 0 aromatic rings. The van der Waals surface area contributed by atoms with Crippen LogP contribution in [-0.2, 0) is 14.3 Å². The minimum Gasteiger partial charge on any atom is -0.389 e. The van der Waals surface area contributed by atoms with Gasteiger partial charge in [0.1, 0.15) is 0 Å². The van der Waals surface area contributed by atoms with Gasteiger partial charge in [0.05, 0.1) is 12.7 Å². The van der Waals surface area contributed by atoms with Gasteiger partial charge in [-0.3, -0.25) is 9.59 Å². The average Bonchev–Trinajstić information content (AvgIpc) is 2.25. The molecule has 6 heteroatoms. The molecule has 18 heavy (non-hydrogen) atoms. The monoisotopic (exact) mass is 260 g/mol. The van der Waals surface area contributed by atoms with Gasteiger partial charge in [-0.1, -0.05) is 20.8 Å². The number of carbonyl (C=O) groups excluding carboxylic acids is 2. The Balaban J connectivity index is 3.69. The van der Waals surface area contributed by atoms with Crippen LogP contribution in [0.4, 0.5) is 0 Å². The molecule has 0 aliphatic heterocycles. The van der Waals surface area contributed by atoms with E-state index in [1.807, 2.05) is 20.8 Å². The van der Waals surface area contributed by atoms with Crippen LogP contribution in [0.5, 0.6) is 0 Å². The molecule has 0 bridgehead atoms. The lowest BCUT2D eigenvalue weighted by Crippen LogP contribution is -2.39. The summed E-state index contributed by atoms with van der Waals surface area (Å²) in [6.45, 7) is 6.06. The molecule has 0 saturated carbocycles. The molecule has 0 fully saturated rings. The van der Waals surface area contributed by atoms with E-state index in [2.05, 4.69) is 10.6 Å². The van der Waals surface area contributed by atoms with Gasteiger partial charge in [0.15, 0.2) is 0 Å². The van der Waals surface area contributed by atoms with E-state index >= 15 is 0 Å². The van der Waals surface area contributed by atoms with Gasteiger partial charge in [0.25, 0.3) is 0 Å². The molecule has 0 aliphatic rings. The van der Waals surface area contributed by atoms with Crippen LogP contribution >= 0.6 is 0 Å². The number of aliphatic hydroxyl groups is 1. The fraction of sp³-hybridized carbons (Fsp3) is 0.833. The van der Waals surface area contributed by atoms with Gasteiger partial charge in [-0.2, -0.15) is 0 Å². The lowest BCUT2D eigenvalue weighted by molar-refractivity contribution is -0.128. The maximum atomic E-state index is 11.5. The van der Waals surface area contributed by atoms with E-state index in [0.717, 1.165) is 0 Å². The highest BCUT2D eigenvalue weighted by Crippen LogP contribution is 2.11. The molecular formula is C12H24N2O4. The normalized spacial score (nSPS) is 12.9. The van der Waals surface area contributed by atoms with Crippen molar-refractivity contribution in [3.63, 3.8) is 0 Å². The summed E-state index contributed by atoms with van der Waals surface area (Å²) in [7, 11) is 1.48. The van der Waals surface area contributed by atoms with E-state index in [1.165, 1.54) is 7.11 Å². The predicted molar refractivity (Wildman–Crippen MR) is 68.0 cm³/mol. The first-order valence-corrected chi connectivity index (χ1v) is 5.99. The van der Waals surface area contributed by atoms with E-state index in [1.54, 1.807) is 0 Å². The highest BCUT2D eigenvalue weighted by atomic mass is 16.5. The van der Waals surface area contributed by atoms with Gasteiger partial charge < -0.3 is 20.5 Å². The van der Waals surface area contributed by atoms with Crippen LogP contribution in [0.3, 0.4) is 0 Å². The molecular weight excluding hydrogens is 236 g/mol. The summed E-state index contributed by atoms with van der Waals surface area (Å²) in [5.74, 6) is -0.297. The number of nitrogens with one attached hydrogen (secondary N) is 2. The summed E-state index contributed by atoms with van der Waals surface area (Å²) in [4.78, 5) is 22.9. The topological polar surface area (TPSA) is 87.7 Å². The number of amides is 2. The number of hydrogen-bond acceptors (Lipinski definition) is 4. The van der Waals surface area contributed by atoms with E-state index in [0.29, 0.717) is 6.54 Å². The van der Waals surface area contributed by atoms with Gasteiger partial charge in [-0.25, -0.2) is 0 Å². The molecule has 0 saturated heterocycles. The lowest BCUT2D eigenvalue weighted by atomic mass is 9.96. The molecule has 1 unspecified atom stereocenters. The second kappa shape index (κ2) is 8.05. The Hall–Kier alpha value is -1.14. The fourth-order valence-electron chi connectivity index (χ4n) is 1.13. The molecule has 0 heterocycles. The average molecular weight is 260 g/mol. The Bertz CT molecular complexity index is 274. The molecule has 106 valence electrons. The number of aliphatic hydroxyl groups excluding tert-OH is 1. The zero-order valence-electron chi connectivity index (χ0n) is 11.6. The Morgan fingerprint density at radius 1 is 1.28 bits per heavy atom. The number of ether oxygens (including phenoxy) is 1. The third kappa shape index (κ3) is 8.03. The van der Waals surface area contributed by atoms with Gasteiger partial charge >= 0.3 is 0 Å². The van der Waals surface area contributed by atoms with Crippen molar-refractivity contribution in [1.82, 2.24) is 10.6 Å². The Labute approximate surface area is 108 Å². The third-order valence-electron chi connectivity index (χ3n) is 2.21. The van der Waals surface area contributed by atoms with Crippen molar-refractivity contribution in [3.05, 3.63) is 0 Å². The Morgan fingerprint density at radius 2 is 1.89 bits per heavy atom. The smallest absolute Gasteiger partial charge is 0.225 e. The van der Waals surface area contributed by atoms with Crippen molar-refractivity contribution < 1.29 is 19.4 Å². The van der Waals surface area contributed by atoms with Crippen molar-refractivity contribution in [2.45, 2.75) is 33.3 Å². The minimum absolute atomic E-state index is 0.0882. The van der Waals surface area contributed by atoms with Crippen LogP contribution < -0.4 is 10.6 Å². The second-order valence-electron chi connectivity index (χ2n) is 5.17. The number of rotatable bonds is 7. The number of methoxy groups -OCH3 is 1. The SMILES string of the molecule is COCC(O)CNC(=O)CCNC(=O)C(C)(C)C. The molecule has 0 spiro atoms. The van der Waals surface area contributed by atoms with Gasteiger partial charge in [0, 0.05) is 32.0 Å². The summed E-state index contributed by atoms with van der Waals surface area (Å²) in [6, 6.07) is 0. The number of hydrogen-bond donors (Lipinski definition) is 3. The van der Waals surface area contributed by atoms with Crippen LogP contribution in [0, 0.1) is 5.41 Å². The first kappa shape index (κ1) is 16.9. The summed E-state index contributed by atoms with van der Waals surface area (Å²) >= 11 is 0. The molecule has 2 amide bonds. The Kier molecular flexibility index (Phi) is 7.54. The van der Waals surface area contributed by atoms with Crippen molar-refractivity contribution in [2.24, 2.45) is 5.41 Å². The standard InChI is InChI=1S/C12H24N2O4/c1-12(2,3)11(17)13-6-5-10(16)14-7-9(15)8-18-4/h9,15H,5-8H2,1-4H3,(H,13,17)(H,14,16). The van der Waals surface area contributed by atoms with Crippen LogP contribution in [0.15, 0.2) is 0 Å². The molecule has 0 rings (SSSR count). The van der Waals surface area contributed by atoms with Crippen molar-refractivity contribution in [2.75, 3.05) is 26.8 Å². The van der Waals surface area contributed by atoms with Crippen molar-refractivity contribution >= 4 is 11.8 Å². The van der Waals surface area contributed by atoms with Crippen molar-refractivity contribution in [1.29, 1.82) is 0 Å². The maximum Gasteiger partial charge on any atom is 0.225 e. The zero-order valence-corrected chi connectivity index (χ0v) is 11.6. The molecule has 1 atom stereocenters.